The van der Waals surface area contributed by atoms with Crippen LogP contribution >= 0.6 is 0 Å². The van der Waals surface area contributed by atoms with Crippen molar-refractivity contribution in [3.05, 3.63) is 54.1 Å². The van der Waals surface area contributed by atoms with E-state index in [0.29, 0.717) is 12.1 Å². The van der Waals surface area contributed by atoms with Gasteiger partial charge in [0.25, 0.3) is 10.0 Å². The van der Waals surface area contributed by atoms with Gasteiger partial charge < -0.3 is 0 Å². The minimum atomic E-state index is -3.80. The molecule has 2 aromatic rings. The third kappa shape index (κ3) is 2.81. The summed E-state index contributed by atoms with van der Waals surface area (Å²) in [4.78, 5) is 11.9. The van der Waals surface area contributed by atoms with Gasteiger partial charge in [0, 0.05) is 12.5 Å². The minimum absolute atomic E-state index is 0.0545. The van der Waals surface area contributed by atoms with Gasteiger partial charge in [0.05, 0.1) is 22.0 Å². The molecular formula is C18H18N2O5S2. The Labute approximate surface area is 158 Å². The maximum absolute atomic E-state index is 13.2. The summed E-state index contributed by atoms with van der Waals surface area (Å²) in [5.74, 6) is -0.735. The highest BCUT2D eigenvalue weighted by molar-refractivity contribution is 7.94. The van der Waals surface area contributed by atoms with E-state index >= 15 is 0 Å². The van der Waals surface area contributed by atoms with Crippen LogP contribution in [0.5, 0.6) is 0 Å². The first-order valence-corrected chi connectivity index (χ1v) is 11.5. The molecular weight excluding hydrogens is 388 g/mol. The van der Waals surface area contributed by atoms with Gasteiger partial charge in [-0.2, -0.15) is 0 Å². The van der Waals surface area contributed by atoms with Crippen molar-refractivity contribution in [3.63, 3.8) is 0 Å². The van der Waals surface area contributed by atoms with Crippen molar-refractivity contribution in [2.24, 2.45) is 0 Å². The van der Waals surface area contributed by atoms with Crippen LogP contribution in [-0.2, 0) is 31.3 Å². The lowest BCUT2D eigenvalue weighted by Crippen LogP contribution is -2.35. The lowest BCUT2D eigenvalue weighted by atomic mass is 10.1. The zero-order chi connectivity index (χ0) is 19.4. The van der Waals surface area contributed by atoms with Gasteiger partial charge in [-0.25, -0.2) is 21.1 Å². The molecule has 1 saturated heterocycles. The van der Waals surface area contributed by atoms with Gasteiger partial charge in [-0.1, -0.05) is 18.2 Å². The van der Waals surface area contributed by atoms with Crippen molar-refractivity contribution in [2.75, 3.05) is 14.4 Å². The van der Waals surface area contributed by atoms with Gasteiger partial charge in [0.1, 0.15) is 0 Å². The van der Waals surface area contributed by atoms with Crippen LogP contribution in [0, 0.1) is 0 Å². The lowest BCUT2D eigenvalue weighted by molar-refractivity contribution is -0.116. The fraction of sp³-hybridized carbons (Fsp3) is 0.278. The summed E-state index contributed by atoms with van der Waals surface area (Å²) in [6.07, 6.45) is 0.568. The van der Waals surface area contributed by atoms with Gasteiger partial charge >= 0.3 is 0 Å². The quantitative estimate of drug-likeness (QED) is 0.776. The Morgan fingerprint density at radius 1 is 1.04 bits per heavy atom. The van der Waals surface area contributed by atoms with E-state index in [-0.39, 0.29) is 28.8 Å². The summed E-state index contributed by atoms with van der Waals surface area (Å²) >= 11 is 0. The largest absolute Gasteiger partial charge is 0.273 e. The summed E-state index contributed by atoms with van der Waals surface area (Å²) in [5, 5.41) is 0. The molecule has 0 spiro atoms. The highest BCUT2D eigenvalue weighted by atomic mass is 32.2. The average molecular weight is 406 g/mol. The Morgan fingerprint density at radius 2 is 1.70 bits per heavy atom. The molecule has 2 aliphatic heterocycles. The van der Waals surface area contributed by atoms with Crippen LogP contribution in [0.1, 0.15) is 18.9 Å². The monoisotopic (exact) mass is 406 g/mol. The standard InChI is InChI=1S/C18H18N2O5S2/c1-13-12-14-4-2-3-5-17(14)19(13)27(24,25)16-8-6-15(7-9-16)20-18(21)10-11-26(20,22)23/h2-9,13H,10-12H2,1H3/t13-/m0/s1. The third-order valence-electron chi connectivity index (χ3n) is 4.85. The lowest BCUT2D eigenvalue weighted by Gasteiger charge is -2.24. The van der Waals surface area contributed by atoms with Crippen LogP contribution in [0.15, 0.2) is 53.4 Å². The van der Waals surface area contributed by atoms with E-state index in [1.54, 1.807) is 12.1 Å². The zero-order valence-electron chi connectivity index (χ0n) is 14.6. The first-order chi connectivity index (χ1) is 12.7. The number of nitrogens with zero attached hydrogens (tertiary/aromatic N) is 2. The molecule has 0 unspecified atom stereocenters. The van der Waals surface area contributed by atoms with E-state index in [1.165, 1.54) is 28.6 Å². The van der Waals surface area contributed by atoms with Crippen molar-refractivity contribution in [2.45, 2.75) is 30.7 Å². The van der Waals surface area contributed by atoms with E-state index in [4.69, 9.17) is 0 Å². The number of amides is 1. The third-order valence-corrected chi connectivity index (χ3v) is 8.48. The normalized spacial score (nSPS) is 21.5. The number of anilines is 2. The summed E-state index contributed by atoms with van der Waals surface area (Å²) < 4.78 is 52.5. The molecule has 0 aromatic heterocycles. The number of rotatable bonds is 3. The van der Waals surface area contributed by atoms with E-state index in [1.807, 2.05) is 19.1 Å². The molecule has 1 amide bonds. The maximum Gasteiger partial charge on any atom is 0.264 e. The zero-order valence-corrected chi connectivity index (χ0v) is 16.2. The van der Waals surface area contributed by atoms with Crippen molar-refractivity contribution >= 4 is 37.3 Å². The van der Waals surface area contributed by atoms with Crippen LogP contribution in [0.3, 0.4) is 0 Å². The van der Waals surface area contributed by atoms with Gasteiger partial charge in [-0.3, -0.25) is 9.10 Å². The van der Waals surface area contributed by atoms with Crippen LogP contribution in [-0.4, -0.2) is 34.5 Å². The van der Waals surface area contributed by atoms with Gasteiger partial charge in [0.2, 0.25) is 15.9 Å². The highest BCUT2D eigenvalue weighted by Crippen LogP contribution is 2.37. The highest BCUT2D eigenvalue weighted by Gasteiger charge is 2.38. The predicted molar refractivity (Wildman–Crippen MR) is 102 cm³/mol. The number of sulfonamides is 2. The minimum Gasteiger partial charge on any atom is -0.273 e. The van der Waals surface area contributed by atoms with E-state index in [9.17, 15) is 21.6 Å². The second-order valence-electron chi connectivity index (χ2n) is 6.70. The maximum atomic E-state index is 13.2. The van der Waals surface area contributed by atoms with Crippen molar-refractivity contribution in [1.29, 1.82) is 0 Å². The van der Waals surface area contributed by atoms with Crippen molar-refractivity contribution in [1.82, 2.24) is 0 Å². The molecule has 0 aliphatic carbocycles. The molecule has 0 radical (unpaired) electrons. The molecule has 1 atom stereocenters. The Hall–Kier alpha value is -2.39. The molecule has 27 heavy (non-hydrogen) atoms. The van der Waals surface area contributed by atoms with E-state index in [0.717, 1.165) is 9.87 Å². The number of carbonyl (C=O) groups excluding carboxylic acids is 1. The number of para-hydroxylation sites is 1. The van der Waals surface area contributed by atoms with Gasteiger partial charge in [0.15, 0.2) is 0 Å². The number of fused-ring (bicyclic) bond motifs is 1. The summed E-state index contributed by atoms with van der Waals surface area (Å²) in [5.41, 5.74) is 1.79. The fourth-order valence-electron chi connectivity index (χ4n) is 3.64. The second kappa shape index (κ2) is 6.07. The first kappa shape index (κ1) is 18.0. The SMILES string of the molecule is C[C@H]1Cc2ccccc2N1S(=O)(=O)c1ccc(N2C(=O)CCS2(=O)=O)cc1. The molecule has 2 aliphatic rings. The predicted octanol–water partition coefficient (Wildman–Crippen LogP) is 1.89. The molecule has 0 bridgehead atoms. The molecule has 1 fully saturated rings. The topological polar surface area (TPSA) is 91.8 Å². The number of carbonyl (C=O) groups is 1. The Balaban J connectivity index is 1.71. The molecule has 142 valence electrons. The number of hydrogen-bond donors (Lipinski definition) is 0. The molecule has 2 aromatic carbocycles. The van der Waals surface area contributed by atoms with Gasteiger partial charge in [-0.05, 0) is 49.2 Å². The van der Waals surface area contributed by atoms with E-state index < -0.39 is 26.0 Å². The first-order valence-electron chi connectivity index (χ1n) is 8.50. The van der Waals surface area contributed by atoms with E-state index in [2.05, 4.69) is 0 Å². The summed E-state index contributed by atoms with van der Waals surface area (Å²) in [7, 11) is -7.48. The summed E-state index contributed by atoms with van der Waals surface area (Å²) in [6, 6.07) is 12.6. The second-order valence-corrected chi connectivity index (χ2v) is 10.5. The molecule has 7 nitrogen and oxygen atoms in total. The van der Waals surface area contributed by atoms with Crippen molar-refractivity contribution < 1.29 is 21.6 Å². The Bertz CT molecular complexity index is 1120. The number of benzene rings is 2. The molecule has 2 heterocycles. The fourth-order valence-corrected chi connectivity index (χ4v) is 6.79. The summed E-state index contributed by atoms with van der Waals surface area (Å²) in [6.45, 7) is 1.85. The van der Waals surface area contributed by atoms with Gasteiger partial charge in [-0.15, -0.1) is 0 Å². The molecule has 9 heteroatoms. The average Bonchev–Trinajstić information content (AvgIpc) is 3.10. The van der Waals surface area contributed by atoms with Crippen LogP contribution in [0.4, 0.5) is 11.4 Å². The Morgan fingerprint density at radius 3 is 2.33 bits per heavy atom. The van der Waals surface area contributed by atoms with Crippen LogP contribution in [0.2, 0.25) is 0 Å². The molecule has 0 saturated carbocycles. The smallest absolute Gasteiger partial charge is 0.264 e. The number of hydrogen-bond acceptors (Lipinski definition) is 5. The molecule has 4 rings (SSSR count). The Kier molecular flexibility index (Phi) is 4.04. The van der Waals surface area contributed by atoms with Crippen molar-refractivity contribution in [3.8, 4) is 0 Å². The van der Waals surface area contributed by atoms with Crippen LogP contribution < -0.4 is 8.61 Å². The van der Waals surface area contributed by atoms with Crippen LogP contribution in [0.25, 0.3) is 0 Å². The molecule has 0 N–H and O–H groups in total.